The fourth-order valence-electron chi connectivity index (χ4n) is 2.93. The maximum Gasteiger partial charge on any atom is 0.325 e. The molecule has 2 aromatic carbocycles. The van der Waals surface area contributed by atoms with Crippen LogP contribution in [0.2, 0.25) is 5.02 Å². The molecule has 162 valence electrons. The zero-order valence-electron chi connectivity index (χ0n) is 16.6. The summed E-state index contributed by atoms with van der Waals surface area (Å²) < 4.78 is 10.7. The molecule has 10 heteroatoms. The van der Waals surface area contributed by atoms with Crippen molar-refractivity contribution in [1.82, 2.24) is 4.90 Å². The second-order valence-corrected chi connectivity index (χ2v) is 8.02. The maximum absolute atomic E-state index is 13.3. The summed E-state index contributed by atoms with van der Waals surface area (Å²) in [6, 6.07) is 9.67. The fraction of sp³-hybridized carbons (Fsp3) is 0.190. The molecular weight excluding hydrogens is 508 g/mol. The molecule has 3 rings (SSSR count). The van der Waals surface area contributed by atoms with Gasteiger partial charge < -0.3 is 19.5 Å². The monoisotopic (exact) mass is 524 g/mol. The van der Waals surface area contributed by atoms with Crippen molar-refractivity contribution >= 4 is 68.5 Å². The smallest absolute Gasteiger partial charge is 0.325 e. The molecule has 2 aromatic rings. The van der Waals surface area contributed by atoms with Crippen molar-refractivity contribution in [3.8, 4) is 11.5 Å². The van der Waals surface area contributed by atoms with Crippen molar-refractivity contribution in [1.29, 1.82) is 0 Å². The molecular formula is C21H18BrClN2O5S. The van der Waals surface area contributed by atoms with Crippen LogP contribution in [0.25, 0.3) is 6.08 Å². The number of esters is 1. The molecule has 1 aliphatic heterocycles. The number of phenols is 1. The van der Waals surface area contributed by atoms with E-state index in [9.17, 15) is 14.7 Å². The molecule has 0 spiro atoms. The number of ether oxygens (including phenoxy) is 2. The van der Waals surface area contributed by atoms with E-state index in [0.29, 0.717) is 27.4 Å². The molecule has 1 amide bonds. The highest BCUT2D eigenvalue weighted by atomic mass is 79.9. The molecule has 31 heavy (non-hydrogen) atoms. The Labute approximate surface area is 197 Å². The number of hydrogen-bond donors (Lipinski definition) is 1. The van der Waals surface area contributed by atoms with Crippen molar-refractivity contribution in [3.63, 3.8) is 0 Å². The second-order valence-electron chi connectivity index (χ2n) is 6.37. The molecule has 0 radical (unpaired) electrons. The minimum absolute atomic E-state index is 0.0432. The Balaban J connectivity index is 2.10. The summed E-state index contributed by atoms with van der Waals surface area (Å²) in [7, 11) is 1.26. The Morgan fingerprint density at radius 3 is 2.58 bits per heavy atom. The number of aromatic hydroxyl groups is 1. The first-order valence-corrected chi connectivity index (χ1v) is 10.7. The molecule has 1 saturated heterocycles. The third-order valence-electron chi connectivity index (χ3n) is 4.41. The largest absolute Gasteiger partial charge is 0.504 e. The van der Waals surface area contributed by atoms with Gasteiger partial charge in [-0.05, 0) is 67.2 Å². The molecule has 0 aromatic heterocycles. The first-order chi connectivity index (χ1) is 14.8. The van der Waals surface area contributed by atoms with E-state index in [1.54, 1.807) is 43.3 Å². The molecule has 0 unspecified atom stereocenters. The number of halogens is 2. The van der Waals surface area contributed by atoms with E-state index in [0.717, 1.165) is 0 Å². The molecule has 0 saturated carbocycles. The van der Waals surface area contributed by atoms with Gasteiger partial charge in [0.15, 0.2) is 16.6 Å². The van der Waals surface area contributed by atoms with Gasteiger partial charge in [-0.3, -0.25) is 14.5 Å². The van der Waals surface area contributed by atoms with Crippen molar-refractivity contribution in [2.75, 3.05) is 25.2 Å². The number of hydrogen-bond acceptors (Lipinski definition) is 6. The zero-order chi connectivity index (χ0) is 22.7. The number of methoxy groups -OCH3 is 1. The minimum atomic E-state index is -0.557. The summed E-state index contributed by atoms with van der Waals surface area (Å²) >= 11 is 14.8. The third kappa shape index (κ3) is 4.84. The number of nitrogens with zero attached hydrogens (tertiary/aromatic N) is 2. The summed E-state index contributed by atoms with van der Waals surface area (Å²) in [4.78, 5) is 28.0. The number of anilines is 1. The Bertz CT molecular complexity index is 1070. The predicted molar refractivity (Wildman–Crippen MR) is 125 cm³/mol. The van der Waals surface area contributed by atoms with E-state index < -0.39 is 11.9 Å². The highest BCUT2D eigenvalue weighted by molar-refractivity contribution is 9.10. The highest BCUT2D eigenvalue weighted by Crippen LogP contribution is 2.36. The summed E-state index contributed by atoms with van der Waals surface area (Å²) in [5, 5.41) is 10.7. The standard InChI is InChI=1S/C21H18BrClN2O5S/c1-3-30-18-9-12(15(22)10-17(18)26)8-16-20(28)25(14-6-4-13(23)5-7-14)21(31)24(16)11-19(27)29-2/h4-10,26H,3,11H2,1-2H3/b16-8-. The molecule has 0 bridgehead atoms. The number of carbonyl (C=O) groups is 2. The van der Waals surface area contributed by atoms with Crippen LogP contribution < -0.4 is 9.64 Å². The van der Waals surface area contributed by atoms with E-state index in [4.69, 9.17) is 33.3 Å². The Morgan fingerprint density at radius 2 is 1.97 bits per heavy atom. The highest BCUT2D eigenvalue weighted by Gasteiger charge is 2.40. The van der Waals surface area contributed by atoms with Crippen LogP contribution in [0.5, 0.6) is 11.5 Å². The number of carbonyl (C=O) groups excluding carboxylic acids is 2. The third-order valence-corrected chi connectivity index (χ3v) is 5.75. The number of rotatable bonds is 6. The van der Waals surface area contributed by atoms with Gasteiger partial charge in [-0.25, -0.2) is 0 Å². The van der Waals surface area contributed by atoms with E-state index in [1.807, 2.05) is 0 Å². The molecule has 1 N–H and O–H groups in total. The van der Waals surface area contributed by atoms with E-state index >= 15 is 0 Å². The van der Waals surface area contributed by atoms with Crippen LogP contribution >= 0.6 is 39.7 Å². The van der Waals surface area contributed by atoms with Gasteiger partial charge in [0.25, 0.3) is 5.91 Å². The van der Waals surface area contributed by atoms with Gasteiger partial charge in [0.2, 0.25) is 0 Å². The quantitative estimate of drug-likeness (QED) is 0.341. The lowest BCUT2D eigenvalue weighted by Crippen LogP contribution is -2.35. The normalized spacial score (nSPS) is 15.0. The SMILES string of the molecule is CCOc1cc(/C=C2/C(=O)N(c3ccc(Cl)cc3)C(=S)N2CC(=O)OC)c(Br)cc1O. The van der Waals surface area contributed by atoms with Gasteiger partial charge in [-0.15, -0.1) is 0 Å². The van der Waals surface area contributed by atoms with Crippen LogP contribution in [0.15, 0.2) is 46.6 Å². The lowest BCUT2D eigenvalue weighted by molar-refractivity contribution is -0.140. The molecule has 1 aliphatic rings. The van der Waals surface area contributed by atoms with Crippen molar-refractivity contribution in [3.05, 3.63) is 57.2 Å². The lowest BCUT2D eigenvalue weighted by Gasteiger charge is -2.19. The average molecular weight is 526 g/mol. The average Bonchev–Trinajstić information content (AvgIpc) is 2.96. The molecule has 0 aliphatic carbocycles. The molecule has 1 heterocycles. The lowest BCUT2D eigenvalue weighted by atomic mass is 10.1. The Kier molecular flexibility index (Phi) is 7.19. The zero-order valence-corrected chi connectivity index (χ0v) is 19.8. The fourth-order valence-corrected chi connectivity index (χ4v) is 3.86. The summed E-state index contributed by atoms with van der Waals surface area (Å²) in [6.07, 6.45) is 1.57. The van der Waals surface area contributed by atoms with Crippen LogP contribution in [0, 0.1) is 0 Å². The summed E-state index contributed by atoms with van der Waals surface area (Å²) in [5.74, 6) is -0.758. The number of amides is 1. The van der Waals surface area contributed by atoms with Gasteiger partial charge in [-0.2, -0.15) is 0 Å². The number of benzene rings is 2. The first kappa shape index (κ1) is 23.1. The topological polar surface area (TPSA) is 79.3 Å². The van der Waals surface area contributed by atoms with Crippen LogP contribution in [-0.4, -0.2) is 47.3 Å². The van der Waals surface area contributed by atoms with Crippen LogP contribution in [0.3, 0.4) is 0 Å². The summed E-state index contributed by atoms with van der Waals surface area (Å²) in [6.45, 7) is 1.90. The number of phenolic OH excluding ortho intramolecular Hbond substituents is 1. The molecule has 7 nitrogen and oxygen atoms in total. The van der Waals surface area contributed by atoms with E-state index in [-0.39, 0.29) is 28.9 Å². The van der Waals surface area contributed by atoms with Crippen molar-refractivity contribution in [2.24, 2.45) is 0 Å². The Hall–Kier alpha value is -2.62. The second kappa shape index (κ2) is 9.67. The van der Waals surface area contributed by atoms with Gasteiger partial charge in [0, 0.05) is 9.50 Å². The maximum atomic E-state index is 13.3. The van der Waals surface area contributed by atoms with Gasteiger partial charge in [0.05, 0.1) is 19.4 Å². The van der Waals surface area contributed by atoms with E-state index in [2.05, 4.69) is 15.9 Å². The van der Waals surface area contributed by atoms with Gasteiger partial charge >= 0.3 is 5.97 Å². The molecule has 0 atom stereocenters. The van der Waals surface area contributed by atoms with Gasteiger partial charge in [-0.1, -0.05) is 27.5 Å². The number of thiocarbonyl (C=S) groups is 1. The van der Waals surface area contributed by atoms with Crippen LogP contribution in [0.4, 0.5) is 5.69 Å². The predicted octanol–water partition coefficient (Wildman–Crippen LogP) is 4.35. The first-order valence-electron chi connectivity index (χ1n) is 9.12. The minimum Gasteiger partial charge on any atom is -0.504 e. The van der Waals surface area contributed by atoms with Crippen molar-refractivity contribution in [2.45, 2.75) is 6.92 Å². The van der Waals surface area contributed by atoms with Crippen LogP contribution in [0.1, 0.15) is 12.5 Å². The van der Waals surface area contributed by atoms with Crippen LogP contribution in [-0.2, 0) is 14.3 Å². The molecule has 1 fully saturated rings. The summed E-state index contributed by atoms with van der Waals surface area (Å²) in [5.41, 5.74) is 1.23. The van der Waals surface area contributed by atoms with Crippen molar-refractivity contribution < 1.29 is 24.2 Å². The Morgan fingerprint density at radius 1 is 1.29 bits per heavy atom. The van der Waals surface area contributed by atoms with Gasteiger partial charge in [0.1, 0.15) is 12.2 Å². The van der Waals surface area contributed by atoms with E-state index in [1.165, 1.54) is 23.0 Å².